The molecule has 0 spiro atoms. The highest BCUT2D eigenvalue weighted by Gasteiger charge is 2.15. The van der Waals surface area contributed by atoms with Gasteiger partial charge in [0.25, 0.3) is 5.91 Å². The molecule has 2 aromatic heterocycles. The van der Waals surface area contributed by atoms with Crippen LogP contribution in [0.15, 0.2) is 46.9 Å². The van der Waals surface area contributed by atoms with Gasteiger partial charge in [-0.1, -0.05) is 13.0 Å². The van der Waals surface area contributed by atoms with Gasteiger partial charge in [0.2, 0.25) is 0 Å². The predicted molar refractivity (Wildman–Crippen MR) is 89.5 cm³/mol. The Bertz CT molecular complexity index is 980. The van der Waals surface area contributed by atoms with E-state index in [0.717, 1.165) is 10.2 Å². The van der Waals surface area contributed by atoms with E-state index in [9.17, 15) is 13.2 Å². The van der Waals surface area contributed by atoms with Crippen LogP contribution >= 0.6 is 11.3 Å². The molecule has 23 heavy (non-hydrogen) atoms. The first-order valence-electron chi connectivity index (χ1n) is 6.83. The fraction of sp³-hybridized carbons (Fsp3) is 0.133. The molecule has 118 valence electrons. The highest BCUT2D eigenvalue weighted by molar-refractivity contribution is 7.91. The normalized spacial score (nSPS) is 11.5. The zero-order valence-corrected chi connectivity index (χ0v) is 13.8. The number of carbonyl (C=O) groups is 1. The smallest absolute Gasteiger partial charge is 0.256 e. The molecule has 1 aromatic carbocycles. The van der Waals surface area contributed by atoms with Crippen molar-refractivity contribution in [2.45, 2.75) is 11.8 Å². The van der Waals surface area contributed by atoms with Crippen molar-refractivity contribution in [3.05, 3.63) is 47.6 Å². The van der Waals surface area contributed by atoms with E-state index in [1.54, 1.807) is 19.1 Å². The third-order valence-corrected chi connectivity index (χ3v) is 5.88. The number of thiophene rings is 1. The fourth-order valence-corrected chi connectivity index (χ4v) is 3.73. The van der Waals surface area contributed by atoms with E-state index in [1.165, 1.54) is 29.8 Å². The molecule has 0 saturated carbocycles. The Morgan fingerprint density at radius 3 is 2.87 bits per heavy atom. The van der Waals surface area contributed by atoms with Gasteiger partial charge in [0, 0.05) is 5.56 Å². The molecule has 6 nitrogen and oxygen atoms in total. The molecule has 0 saturated heterocycles. The maximum Gasteiger partial charge on any atom is 0.256 e. The first kappa shape index (κ1) is 15.6. The molecule has 8 heteroatoms. The van der Waals surface area contributed by atoms with Gasteiger partial charge in [-0.2, -0.15) is 0 Å². The topological polar surface area (TPSA) is 89.0 Å². The van der Waals surface area contributed by atoms with Gasteiger partial charge >= 0.3 is 0 Å². The van der Waals surface area contributed by atoms with Crippen LogP contribution in [0.1, 0.15) is 17.3 Å². The molecule has 0 fully saturated rings. The van der Waals surface area contributed by atoms with Gasteiger partial charge in [0.05, 0.1) is 16.0 Å². The van der Waals surface area contributed by atoms with E-state index in [2.05, 4.69) is 15.3 Å². The summed E-state index contributed by atoms with van der Waals surface area (Å²) in [6.07, 6.45) is 1.38. The summed E-state index contributed by atoms with van der Waals surface area (Å²) in [5, 5.41) is 5.32. The summed E-state index contributed by atoms with van der Waals surface area (Å²) in [6, 6.07) is 7.80. The van der Waals surface area contributed by atoms with Crippen molar-refractivity contribution in [1.82, 2.24) is 9.97 Å². The monoisotopic (exact) mass is 347 g/mol. The third kappa shape index (κ3) is 3.08. The maximum atomic E-state index is 12.4. The minimum Gasteiger partial charge on any atom is -0.306 e. The molecule has 0 radical (unpaired) electrons. The fourth-order valence-electron chi connectivity index (χ4n) is 2.07. The molecule has 0 bridgehead atoms. The van der Waals surface area contributed by atoms with Gasteiger partial charge in [-0.05, 0) is 29.6 Å². The third-order valence-electron chi connectivity index (χ3n) is 3.33. The Hall–Kier alpha value is -2.32. The number of sulfone groups is 1. The molecule has 1 amide bonds. The van der Waals surface area contributed by atoms with E-state index < -0.39 is 15.7 Å². The zero-order valence-electron chi connectivity index (χ0n) is 12.2. The van der Waals surface area contributed by atoms with Gasteiger partial charge in [-0.3, -0.25) is 4.79 Å². The lowest BCUT2D eigenvalue weighted by Crippen LogP contribution is -2.14. The van der Waals surface area contributed by atoms with E-state index in [4.69, 9.17) is 0 Å². The molecular formula is C15H13N3O3S2. The van der Waals surface area contributed by atoms with Crippen molar-refractivity contribution in [3.63, 3.8) is 0 Å². The number of hydrogen-bond acceptors (Lipinski definition) is 6. The maximum absolute atomic E-state index is 12.4. The minimum atomic E-state index is -3.36. The quantitative estimate of drug-likeness (QED) is 0.784. The number of aromatic nitrogens is 2. The average Bonchev–Trinajstić information content (AvgIpc) is 3.04. The number of amides is 1. The molecule has 3 aromatic rings. The molecule has 1 N–H and O–H groups in total. The first-order chi connectivity index (χ1) is 11.0. The van der Waals surface area contributed by atoms with Crippen LogP contribution in [0.25, 0.3) is 10.2 Å². The number of carbonyl (C=O) groups excluding carboxylic acids is 1. The summed E-state index contributed by atoms with van der Waals surface area (Å²) in [6.45, 7) is 1.57. The Balaban J connectivity index is 1.92. The number of fused-ring (bicyclic) bond motifs is 1. The Kier molecular flexibility index (Phi) is 4.10. The molecule has 0 aliphatic carbocycles. The summed E-state index contributed by atoms with van der Waals surface area (Å²) in [7, 11) is -3.36. The Labute approximate surface area is 137 Å². The number of nitrogens with zero attached hydrogens (tertiary/aromatic N) is 2. The summed E-state index contributed by atoms with van der Waals surface area (Å²) in [5.41, 5.74) is 0.265. The first-order valence-corrected chi connectivity index (χ1v) is 9.37. The van der Waals surface area contributed by atoms with Crippen molar-refractivity contribution in [2.24, 2.45) is 0 Å². The van der Waals surface area contributed by atoms with Gasteiger partial charge in [0.15, 0.2) is 9.84 Å². The molecule has 0 unspecified atom stereocenters. The van der Waals surface area contributed by atoms with Crippen LogP contribution in [0.2, 0.25) is 0 Å². The summed E-state index contributed by atoms with van der Waals surface area (Å²) in [5.74, 6) is -0.0196. The second-order valence-corrected chi connectivity index (χ2v) is 7.92. The van der Waals surface area contributed by atoms with Crippen LogP contribution in [0.3, 0.4) is 0 Å². The van der Waals surface area contributed by atoms with Crippen molar-refractivity contribution in [3.8, 4) is 0 Å². The molecule has 0 aliphatic rings. The molecule has 0 aliphatic heterocycles. The number of hydrogen-bond donors (Lipinski definition) is 1. The van der Waals surface area contributed by atoms with Crippen LogP contribution in [-0.4, -0.2) is 30.0 Å². The highest BCUT2D eigenvalue weighted by Crippen LogP contribution is 2.24. The standard InChI is InChI=1S/C15H13N3O3S2/c1-2-23(20,21)11-5-3-4-10(8-11)14(19)18-13-12-6-7-22-15(12)17-9-16-13/h3-9H,2H2,1H3,(H,16,17,18,19). The molecule has 0 atom stereocenters. The number of anilines is 1. The van der Waals surface area contributed by atoms with Crippen LogP contribution in [0.4, 0.5) is 5.82 Å². The Morgan fingerprint density at radius 1 is 1.26 bits per heavy atom. The summed E-state index contributed by atoms with van der Waals surface area (Å²) >= 11 is 1.45. The van der Waals surface area contributed by atoms with E-state index in [0.29, 0.717) is 5.82 Å². The predicted octanol–water partition coefficient (Wildman–Crippen LogP) is 2.74. The van der Waals surface area contributed by atoms with Crippen molar-refractivity contribution in [2.75, 3.05) is 11.1 Å². The number of rotatable bonds is 4. The highest BCUT2D eigenvalue weighted by atomic mass is 32.2. The summed E-state index contributed by atoms with van der Waals surface area (Å²) in [4.78, 5) is 21.5. The van der Waals surface area contributed by atoms with Crippen molar-refractivity contribution in [1.29, 1.82) is 0 Å². The average molecular weight is 347 g/mol. The van der Waals surface area contributed by atoms with Gasteiger partial charge in [-0.25, -0.2) is 18.4 Å². The van der Waals surface area contributed by atoms with Gasteiger partial charge < -0.3 is 5.32 Å². The van der Waals surface area contributed by atoms with E-state index in [-0.39, 0.29) is 16.2 Å². The largest absolute Gasteiger partial charge is 0.306 e. The van der Waals surface area contributed by atoms with Crippen LogP contribution < -0.4 is 5.32 Å². The Morgan fingerprint density at radius 2 is 2.09 bits per heavy atom. The second-order valence-electron chi connectivity index (χ2n) is 4.75. The number of benzene rings is 1. The second kappa shape index (κ2) is 6.05. The van der Waals surface area contributed by atoms with Gasteiger partial charge in [-0.15, -0.1) is 11.3 Å². The van der Waals surface area contributed by atoms with Crippen molar-refractivity contribution >= 4 is 43.1 Å². The molecule has 3 rings (SSSR count). The lowest BCUT2D eigenvalue weighted by atomic mass is 10.2. The molecular weight excluding hydrogens is 334 g/mol. The van der Waals surface area contributed by atoms with Crippen molar-refractivity contribution < 1.29 is 13.2 Å². The summed E-state index contributed by atoms with van der Waals surface area (Å²) < 4.78 is 23.8. The zero-order chi connectivity index (χ0) is 16.4. The van der Waals surface area contributed by atoms with E-state index in [1.807, 2.05) is 11.4 Å². The SMILES string of the molecule is CCS(=O)(=O)c1cccc(C(=O)Nc2ncnc3sccc23)c1. The number of nitrogens with one attached hydrogen (secondary N) is 1. The lowest BCUT2D eigenvalue weighted by molar-refractivity contribution is 0.102. The van der Waals surface area contributed by atoms with E-state index >= 15 is 0 Å². The molecule has 2 heterocycles. The van der Waals surface area contributed by atoms with Crippen LogP contribution in [-0.2, 0) is 9.84 Å². The minimum absolute atomic E-state index is 0.0144. The van der Waals surface area contributed by atoms with Crippen LogP contribution in [0, 0.1) is 0 Å². The van der Waals surface area contributed by atoms with Gasteiger partial charge in [0.1, 0.15) is 17.0 Å². The van der Waals surface area contributed by atoms with Crippen LogP contribution in [0.5, 0.6) is 0 Å². The lowest BCUT2D eigenvalue weighted by Gasteiger charge is -2.07.